The van der Waals surface area contributed by atoms with Gasteiger partial charge in [0, 0.05) is 17.7 Å². The Labute approximate surface area is 230 Å². The molecular weight excluding hydrogens is 540 g/mol. The fourth-order valence-electron chi connectivity index (χ4n) is 3.36. The number of anilines is 2. The lowest BCUT2D eigenvalue weighted by molar-refractivity contribution is -0.116. The summed E-state index contributed by atoms with van der Waals surface area (Å²) in [6, 6.07) is 6.95. The van der Waals surface area contributed by atoms with Crippen molar-refractivity contribution in [2.75, 3.05) is 10.6 Å². The van der Waals surface area contributed by atoms with Crippen molar-refractivity contribution in [3.05, 3.63) is 30.3 Å². The highest BCUT2D eigenvalue weighted by Crippen LogP contribution is 2.39. The summed E-state index contributed by atoms with van der Waals surface area (Å²) in [5, 5.41) is 30.2. The number of hydrogen-bond donors (Lipinski definition) is 4. The van der Waals surface area contributed by atoms with Gasteiger partial charge in [0.05, 0.1) is 27.5 Å². The van der Waals surface area contributed by atoms with Crippen LogP contribution in [0.5, 0.6) is 5.75 Å². The van der Waals surface area contributed by atoms with Crippen LogP contribution in [0.1, 0.15) is 46.0 Å². The highest BCUT2D eigenvalue weighted by Gasteiger charge is 2.16. The van der Waals surface area contributed by atoms with Gasteiger partial charge >= 0.3 is 5.91 Å². The van der Waals surface area contributed by atoms with Crippen LogP contribution in [0.15, 0.2) is 45.5 Å². The van der Waals surface area contributed by atoms with Gasteiger partial charge in [0.15, 0.2) is 10.8 Å². The van der Waals surface area contributed by atoms with Crippen molar-refractivity contribution in [2.45, 2.75) is 50.8 Å². The van der Waals surface area contributed by atoms with E-state index in [0.717, 1.165) is 30.8 Å². The summed E-state index contributed by atoms with van der Waals surface area (Å²) in [4.78, 5) is 24.6. The lowest BCUT2D eigenvalue weighted by atomic mass is 10.1. The first kappa shape index (κ1) is 29.3. The molecule has 1 heterocycles. The minimum atomic E-state index is -3.94. The number of nitrogens with zero attached hydrogens (tertiary/aromatic N) is 3. The zero-order valence-corrected chi connectivity index (χ0v) is 22.9. The molecule has 0 radical (unpaired) electrons. The molecule has 11 nitrogen and oxygen atoms in total. The van der Waals surface area contributed by atoms with Crippen molar-refractivity contribution in [3.63, 3.8) is 0 Å². The minimum absolute atomic E-state index is 0.0224. The van der Waals surface area contributed by atoms with Crippen LogP contribution < -0.4 is 15.8 Å². The number of azo groups is 1. The maximum atomic E-state index is 12.5. The number of carbonyl (C=O) groups excluding carboxylic acids is 2. The summed E-state index contributed by atoms with van der Waals surface area (Å²) in [6.07, 6.45) is 3.90. The fraction of sp³-hybridized carbons (Fsp3) is 0.269. The summed E-state index contributed by atoms with van der Waals surface area (Å²) >= 11 is 0.992. The number of aromatic hydroxyl groups is 1. The maximum absolute atomic E-state index is 12.5. The summed E-state index contributed by atoms with van der Waals surface area (Å²) in [6.45, 7) is 3.65. The third-order valence-electron chi connectivity index (χ3n) is 5.25. The number of rotatable bonds is 10. The van der Waals surface area contributed by atoms with E-state index < -0.39 is 15.9 Å². The van der Waals surface area contributed by atoms with Gasteiger partial charge in [-0.25, -0.2) is 13.6 Å². The number of phenols is 1. The molecule has 0 atom stereocenters. The Morgan fingerprint density at radius 1 is 1.08 bits per heavy atom. The van der Waals surface area contributed by atoms with Gasteiger partial charge in [0.1, 0.15) is 0 Å². The monoisotopic (exact) mass is 566 g/mol. The number of aromatic nitrogens is 1. The molecule has 0 aliphatic rings. The lowest BCUT2D eigenvalue weighted by Gasteiger charge is -2.12. The average Bonchev–Trinajstić information content (AvgIpc) is 3.30. The van der Waals surface area contributed by atoms with E-state index in [1.807, 2.05) is 0 Å². The number of benzene rings is 2. The molecule has 1 aromatic heterocycles. The summed E-state index contributed by atoms with van der Waals surface area (Å²) in [7, 11) is -3.94. The number of sulfonamides is 1. The number of primary sulfonamides is 1. The molecular formula is C26H26N6O5S2. The van der Waals surface area contributed by atoms with E-state index >= 15 is 0 Å². The molecule has 0 aliphatic carbocycles. The Kier molecular flexibility index (Phi) is 10.1. The quantitative estimate of drug-likeness (QED) is 0.117. The number of hydrogen-bond acceptors (Lipinski definition) is 9. The first-order valence-corrected chi connectivity index (χ1v) is 14.2. The third-order valence-corrected chi connectivity index (χ3v) is 6.93. The van der Waals surface area contributed by atoms with Gasteiger partial charge in [-0.2, -0.15) is 4.37 Å². The van der Waals surface area contributed by atoms with Gasteiger partial charge in [-0.15, -0.1) is 10.2 Å². The van der Waals surface area contributed by atoms with E-state index in [1.165, 1.54) is 30.3 Å². The topological polar surface area (TPSA) is 176 Å². The molecule has 3 rings (SSSR count). The smallest absolute Gasteiger partial charge is 0.301 e. The van der Waals surface area contributed by atoms with Crippen molar-refractivity contribution in [1.29, 1.82) is 0 Å². The Hall–Kier alpha value is -4.30. The van der Waals surface area contributed by atoms with Gasteiger partial charge in [0.25, 0.3) is 0 Å². The normalized spacial score (nSPS) is 10.9. The van der Waals surface area contributed by atoms with Crippen molar-refractivity contribution < 1.29 is 23.1 Å². The van der Waals surface area contributed by atoms with Crippen molar-refractivity contribution >= 4 is 66.3 Å². The molecule has 13 heteroatoms. The number of amides is 2. The zero-order chi connectivity index (χ0) is 28.4. The largest absolute Gasteiger partial charge is 0.504 e. The van der Waals surface area contributed by atoms with Crippen LogP contribution in [-0.2, 0) is 19.6 Å². The molecule has 0 saturated heterocycles. The molecule has 0 aliphatic heterocycles. The second-order valence-electron chi connectivity index (χ2n) is 8.24. The average molecular weight is 567 g/mol. The first-order valence-electron chi connectivity index (χ1n) is 11.9. The Bertz CT molecular complexity index is 1660. The van der Waals surface area contributed by atoms with Crippen molar-refractivity contribution in [2.24, 2.45) is 15.4 Å². The highest BCUT2D eigenvalue weighted by molar-refractivity contribution is 7.89. The second kappa shape index (κ2) is 13.5. The molecule has 2 aromatic carbocycles. The minimum Gasteiger partial charge on any atom is -0.504 e. The highest BCUT2D eigenvalue weighted by atomic mass is 32.2. The van der Waals surface area contributed by atoms with E-state index in [4.69, 9.17) is 5.14 Å². The molecule has 3 aromatic rings. The summed E-state index contributed by atoms with van der Waals surface area (Å²) < 4.78 is 27.7. The molecule has 0 saturated carbocycles. The van der Waals surface area contributed by atoms with Gasteiger partial charge in [0.2, 0.25) is 15.9 Å². The molecule has 2 amide bonds. The van der Waals surface area contributed by atoms with E-state index in [9.17, 15) is 23.1 Å². The Balaban J connectivity index is 1.95. The van der Waals surface area contributed by atoms with Crippen molar-refractivity contribution in [3.8, 4) is 29.4 Å². The van der Waals surface area contributed by atoms with Gasteiger partial charge in [-0.05, 0) is 67.0 Å². The molecule has 5 N–H and O–H groups in total. The molecule has 39 heavy (non-hydrogen) atoms. The summed E-state index contributed by atoms with van der Waals surface area (Å²) in [5.74, 6) is 8.22. The number of nitrogens with one attached hydrogen (secondary N) is 2. The Morgan fingerprint density at radius 2 is 1.82 bits per heavy atom. The van der Waals surface area contributed by atoms with E-state index in [0.29, 0.717) is 22.3 Å². The van der Waals surface area contributed by atoms with Crippen molar-refractivity contribution in [1.82, 2.24) is 4.37 Å². The number of carbonyl (C=O) groups is 2. The first-order chi connectivity index (χ1) is 18.6. The van der Waals surface area contributed by atoms with Crippen LogP contribution in [-0.4, -0.2) is 29.7 Å². The predicted octanol–water partition coefficient (Wildman–Crippen LogP) is 4.94. The van der Waals surface area contributed by atoms with E-state index in [-0.39, 0.29) is 40.0 Å². The van der Waals surface area contributed by atoms with Gasteiger partial charge < -0.3 is 15.7 Å². The van der Waals surface area contributed by atoms with Crippen LogP contribution in [0.4, 0.5) is 22.1 Å². The molecule has 0 unspecified atom stereocenters. The number of nitrogens with two attached hydrogens (primary N) is 1. The number of fused-ring (bicyclic) bond motifs is 1. The van der Waals surface area contributed by atoms with Crippen LogP contribution in [0, 0.1) is 23.7 Å². The van der Waals surface area contributed by atoms with Crippen LogP contribution in [0.3, 0.4) is 0 Å². The van der Waals surface area contributed by atoms with Gasteiger partial charge in [-0.1, -0.05) is 32.1 Å². The van der Waals surface area contributed by atoms with E-state index in [1.54, 1.807) is 6.92 Å². The number of phenolic OH excluding ortho intramolecular Hbond substituents is 1. The second-order valence-corrected chi connectivity index (χ2v) is 10.6. The summed E-state index contributed by atoms with van der Waals surface area (Å²) in [5.41, 5.74) is 0.649. The van der Waals surface area contributed by atoms with Crippen LogP contribution >= 0.6 is 11.5 Å². The zero-order valence-electron chi connectivity index (χ0n) is 21.2. The molecule has 202 valence electrons. The fourth-order valence-corrected chi connectivity index (χ4v) is 4.58. The standard InChI is InChI=1S/C26H26N6O5S2/c1-3-5-7-9-11-24(34)29-22-15-17(14-21(25(22)35)28-23(33)10-8-6-4-2)30-31-26-19-16-18(39(27,36)37)12-13-20(19)32-38-26/h12-16,35H,3,5,7,9,11H2,1-2H3,(H,28,33)(H,29,34)(H2,27,36,37). The molecule has 0 spiro atoms. The van der Waals surface area contributed by atoms with Crippen LogP contribution in [0.25, 0.3) is 10.9 Å². The third kappa shape index (κ3) is 8.35. The SMILES string of the molecule is CC#CC#CC(=O)Nc1cc(N=Nc2snc3ccc(S(N)(=O)=O)cc23)cc(NC(=O)CCCCCC)c1O. The lowest BCUT2D eigenvalue weighted by Crippen LogP contribution is -2.13. The van der Waals surface area contributed by atoms with Gasteiger partial charge in [-0.3, -0.25) is 9.59 Å². The molecule has 0 fully saturated rings. The predicted molar refractivity (Wildman–Crippen MR) is 151 cm³/mol. The Morgan fingerprint density at radius 3 is 2.51 bits per heavy atom. The van der Waals surface area contributed by atoms with Crippen LogP contribution in [0.2, 0.25) is 0 Å². The molecule has 0 bridgehead atoms. The maximum Gasteiger partial charge on any atom is 0.301 e. The van der Waals surface area contributed by atoms with E-state index in [2.05, 4.69) is 55.8 Å². The number of unbranched alkanes of at least 4 members (excludes halogenated alkanes) is 3.